The first-order valence-electron chi connectivity index (χ1n) is 8.80. The lowest BCUT2D eigenvalue weighted by Gasteiger charge is -2.25. The summed E-state index contributed by atoms with van der Waals surface area (Å²) in [7, 11) is 1.98. The molecule has 4 aromatic heterocycles. The molecule has 0 spiro atoms. The number of aromatic amines is 1. The Balaban J connectivity index is 1.75. The largest absolute Gasteiger partial charge is 0.361 e. The van der Waals surface area contributed by atoms with E-state index in [2.05, 4.69) is 42.7 Å². The molecule has 1 unspecified atom stereocenters. The zero-order chi connectivity index (χ0) is 19.3. The number of H-pyrrole nitrogens is 1. The standard InChI is InChI=1S/C18H17N9O/c1-10-8-13(23-28-10)16-18-20-17(26(3)11(2)14-9-19-24-21-14)12-6-4-5-7-15(12)27(18)25-22-16/h4-9,11H,1-3H3,(H,19,21,24). The third-order valence-corrected chi connectivity index (χ3v) is 4.88. The van der Waals surface area contributed by atoms with Gasteiger partial charge in [0.2, 0.25) is 0 Å². The molecule has 140 valence electrons. The maximum atomic E-state index is 5.21. The van der Waals surface area contributed by atoms with E-state index in [1.807, 2.05) is 44.3 Å². The van der Waals surface area contributed by atoms with Crippen molar-refractivity contribution >= 4 is 22.4 Å². The van der Waals surface area contributed by atoms with Crippen LogP contribution in [0.15, 0.2) is 41.1 Å². The lowest BCUT2D eigenvalue weighted by atomic mass is 10.1. The zero-order valence-corrected chi connectivity index (χ0v) is 15.5. The zero-order valence-electron chi connectivity index (χ0n) is 15.5. The lowest BCUT2D eigenvalue weighted by Crippen LogP contribution is -2.23. The van der Waals surface area contributed by atoms with Gasteiger partial charge in [-0.05, 0) is 26.0 Å². The quantitative estimate of drug-likeness (QED) is 0.510. The van der Waals surface area contributed by atoms with Crippen LogP contribution in [-0.4, -0.2) is 47.4 Å². The smallest absolute Gasteiger partial charge is 0.188 e. The Hall–Kier alpha value is -3.82. The Labute approximate surface area is 159 Å². The van der Waals surface area contributed by atoms with E-state index in [9.17, 15) is 0 Å². The molecule has 0 bridgehead atoms. The number of nitrogens with one attached hydrogen (secondary N) is 1. The average Bonchev–Trinajstić information content (AvgIpc) is 3.46. The molecule has 0 saturated carbocycles. The average molecular weight is 375 g/mol. The normalized spacial score (nSPS) is 12.7. The Morgan fingerprint density at radius 2 is 2.07 bits per heavy atom. The second-order valence-corrected chi connectivity index (χ2v) is 6.63. The molecule has 0 fully saturated rings. The van der Waals surface area contributed by atoms with Gasteiger partial charge >= 0.3 is 0 Å². The second kappa shape index (κ2) is 6.12. The SMILES string of the molecule is Cc1cc(-c2nnn3c2nc(N(C)C(C)c2c[nH]nn2)c2ccccc23)no1. The van der Waals surface area contributed by atoms with Gasteiger partial charge in [0.25, 0.3) is 0 Å². The van der Waals surface area contributed by atoms with Crippen LogP contribution in [-0.2, 0) is 0 Å². The molecule has 1 atom stereocenters. The minimum atomic E-state index is -0.0364. The highest BCUT2D eigenvalue weighted by atomic mass is 16.5. The summed E-state index contributed by atoms with van der Waals surface area (Å²) in [4.78, 5) is 6.96. The Kier molecular flexibility index (Phi) is 3.57. The number of anilines is 1. The van der Waals surface area contributed by atoms with Crippen LogP contribution in [0.2, 0.25) is 0 Å². The van der Waals surface area contributed by atoms with Crippen molar-refractivity contribution < 1.29 is 4.52 Å². The Morgan fingerprint density at radius 3 is 2.82 bits per heavy atom. The number of benzene rings is 1. The fourth-order valence-corrected chi connectivity index (χ4v) is 3.26. The minimum absolute atomic E-state index is 0.0364. The van der Waals surface area contributed by atoms with Gasteiger partial charge in [-0.1, -0.05) is 27.7 Å². The van der Waals surface area contributed by atoms with Crippen molar-refractivity contribution in [3.05, 3.63) is 48.0 Å². The van der Waals surface area contributed by atoms with E-state index in [0.717, 1.165) is 22.4 Å². The number of hydrogen-bond donors (Lipinski definition) is 1. The summed E-state index contributed by atoms with van der Waals surface area (Å²) in [5, 5.41) is 24.4. The van der Waals surface area contributed by atoms with Gasteiger partial charge in [-0.25, -0.2) is 4.98 Å². The number of aromatic nitrogens is 8. The maximum Gasteiger partial charge on any atom is 0.188 e. The Bertz CT molecular complexity index is 1270. The van der Waals surface area contributed by atoms with E-state index >= 15 is 0 Å². The number of para-hydroxylation sites is 1. The van der Waals surface area contributed by atoms with E-state index < -0.39 is 0 Å². The third-order valence-electron chi connectivity index (χ3n) is 4.88. The molecule has 0 saturated heterocycles. The van der Waals surface area contributed by atoms with Crippen LogP contribution in [0, 0.1) is 6.92 Å². The predicted octanol–water partition coefficient (Wildman–Crippen LogP) is 2.56. The number of aryl methyl sites for hydroxylation is 1. The second-order valence-electron chi connectivity index (χ2n) is 6.63. The molecule has 0 radical (unpaired) electrons. The van der Waals surface area contributed by atoms with Crippen molar-refractivity contribution in [1.82, 2.24) is 40.4 Å². The molecular weight excluding hydrogens is 358 g/mol. The highest BCUT2D eigenvalue weighted by Crippen LogP contribution is 2.32. The van der Waals surface area contributed by atoms with Crippen LogP contribution in [0.1, 0.15) is 24.4 Å². The molecule has 0 aliphatic heterocycles. The van der Waals surface area contributed by atoms with Crippen molar-refractivity contribution in [2.45, 2.75) is 19.9 Å². The van der Waals surface area contributed by atoms with Gasteiger partial charge in [0.1, 0.15) is 23.0 Å². The van der Waals surface area contributed by atoms with Crippen molar-refractivity contribution in [2.24, 2.45) is 0 Å². The van der Waals surface area contributed by atoms with Crippen LogP contribution in [0.25, 0.3) is 27.9 Å². The third kappa shape index (κ3) is 2.42. The van der Waals surface area contributed by atoms with Gasteiger partial charge < -0.3 is 9.42 Å². The molecule has 1 N–H and O–H groups in total. The van der Waals surface area contributed by atoms with Gasteiger partial charge in [-0.15, -0.1) is 10.2 Å². The summed E-state index contributed by atoms with van der Waals surface area (Å²) >= 11 is 0. The number of nitrogens with zero attached hydrogens (tertiary/aromatic N) is 8. The van der Waals surface area contributed by atoms with Gasteiger partial charge in [-0.2, -0.15) is 4.52 Å². The minimum Gasteiger partial charge on any atom is -0.361 e. The first-order chi connectivity index (χ1) is 13.6. The van der Waals surface area contributed by atoms with E-state index in [4.69, 9.17) is 9.51 Å². The summed E-state index contributed by atoms with van der Waals surface area (Å²) < 4.78 is 6.93. The van der Waals surface area contributed by atoms with Crippen molar-refractivity contribution in [1.29, 1.82) is 0 Å². The number of rotatable bonds is 4. The van der Waals surface area contributed by atoms with Crippen LogP contribution < -0.4 is 4.90 Å². The van der Waals surface area contributed by atoms with Crippen LogP contribution in [0.5, 0.6) is 0 Å². The lowest BCUT2D eigenvalue weighted by molar-refractivity contribution is 0.399. The molecule has 28 heavy (non-hydrogen) atoms. The summed E-state index contributed by atoms with van der Waals surface area (Å²) in [5.41, 5.74) is 3.52. The van der Waals surface area contributed by atoms with Crippen molar-refractivity contribution in [3.63, 3.8) is 0 Å². The van der Waals surface area contributed by atoms with E-state index in [-0.39, 0.29) is 6.04 Å². The fraction of sp³-hybridized carbons (Fsp3) is 0.222. The molecular formula is C18H17N9O. The molecule has 1 aromatic carbocycles. The van der Waals surface area contributed by atoms with Crippen molar-refractivity contribution in [3.8, 4) is 11.4 Å². The van der Waals surface area contributed by atoms with Crippen molar-refractivity contribution in [2.75, 3.05) is 11.9 Å². The van der Waals surface area contributed by atoms with Gasteiger partial charge in [0.15, 0.2) is 11.3 Å². The molecule has 0 aliphatic rings. The Morgan fingerprint density at radius 1 is 1.21 bits per heavy atom. The molecule has 0 aliphatic carbocycles. The molecule has 5 rings (SSSR count). The van der Waals surface area contributed by atoms with Crippen LogP contribution in [0.3, 0.4) is 0 Å². The molecule has 5 aromatic rings. The molecule has 4 heterocycles. The van der Waals surface area contributed by atoms with Gasteiger partial charge in [0.05, 0.1) is 11.6 Å². The monoisotopic (exact) mass is 375 g/mol. The fourth-order valence-electron chi connectivity index (χ4n) is 3.26. The van der Waals surface area contributed by atoms with E-state index in [1.165, 1.54) is 0 Å². The van der Waals surface area contributed by atoms with Gasteiger partial charge in [-0.3, -0.25) is 5.10 Å². The number of fused-ring (bicyclic) bond motifs is 3. The topological polar surface area (TPSA) is 114 Å². The molecule has 10 heteroatoms. The predicted molar refractivity (Wildman–Crippen MR) is 102 cm³/mol. The highest BCUT2D eigenvalue weighted by molar-refractivity contribution is 5.93. The summed E-state index contributed by atoms with van der Waals surface area (Å²) in [6, 6.07) is 9.74. The first kappa shape index (κ1) is 16.4. The van der Waals surface area contributed by atoms with Crippen LogP contribution >= 0.6 is 0 Å². The maximum absolute atomic E-state index is 5.21. The van der Waals surface area contributed by atoms with Gasteiger partial charge in [0, 0.05) is 24.7 Å². The molecule has 10 nitrogen and oxygen atoms in total. The summed E-state index contributed by atoms with van der Waals surface area (Å²) in [6.07, 6.45) is 1.78. The summed E-state index contributed by atoms with van der Waals surface area (Å²) in [5.74, 6) is 1.50. The van der Waals surface area contributed by atoms with E-state index in [0.29, 0.717) is 22.8 Å². The summed E-state index contributed by atoms with van der Waals surface area (Å²) in [6.45, 7) is 3.89. The van der Waals surface area contributed by atoms with E-state index in [1.54, 1.807) is 10.7 Å². The molecule has 0 amide bonds. The van der Waals surface area contributed by atoms with Crippen LogP contribution in [0.4, 0.5) is 5.82 Å². The highest BCUT2D eigenvalue weighted by Gasteiger charge is 2.22. The number of hydrogen-bond acceptors (Lipinski definition) is 8. The first-order valence-corrected chi connectivity index (χ1v) is 8.80.